The minimum absolute atomic E-state index is 0.165. The van der Waals surface area contributed by atoms with Crippen LogP contribution in [0, 0.1) is 6.92 Å². The third-order valence-corrected chi connectivity index (χ3v) is 5.38. The molecular formula is C22H17Cl2N3O2. The SMILES string of the molecule is Cc1ccc(Cn2c(=O)c3ncccc3n(Cc3ccc(Cl)cc3Cl)c2=O)cc1. The Morgan fingerprint density at radius 2 is 1.69 bits per heavy atom. The number of halogens is 2. The van der Waals surface area contributed by atoms with Crippen LogP contribution in [0.3, 0.4) is 0 Å². The Labute approximate surface area is 176 Å². The zero-order valence-corrected chi connectivity index (χ0v) is 17.1. The molecule has 0 N–H and O–H groups in total. The van der Waals surface area contributed by atoms with Gasteiger partial charge in [0.1, 0.15) is 0 Å². The van der Waals surface area contributed by atoms with E-state index >= 15 is 0 Å². The van der Waals surface area contributed by atoms with Crippen LogP contribution in [-0.4, -0.2) is 14.1 Å². The van der Waals surface area contributed by atoms with Crippen molar-refractivity contribution in [2.75, 3.05) is 0 Å². The normalized spacial score (nSPS) is 11.1. The second-order valence-electron chi connectivity index (χ2n) is 6.85. The molecule has 0 saturated carbocycles. The Morgan fingerprint density at radius 1 is 0.931 bits per heavy atom. The molecule has 0 aliphatic rings. The highest BCUT2D eigenvalue weighted by Gasteiger charge is 2.15. The van der Waals surface area contributed by atoms with Gasteiger partial charge >= 0.3 is 5.69 Å². The third-order valence-electron chi connectivity index (χ3n) is 4.79. The number of aromatic nitrogens is 3. The molecule has 0 aliphatic heterocycles. The largest absolute Gasteiger partial charge is 0.332 e. The van der Waals surface area contributed by atoms with Crippen molar-refractivity contribution in [2.24, 2.45) is 0 Å². The van der Waals surface area contributed by atoms with Crippen LogP contribution in [0.15, 0.2) is 70.4 Å². The van der Waals surface area contributed by atoms with E-state index < -0.39 is 11.2 Å². The summed E-state index contributed by atoms with van der Waals surface area (Å²) in [7, 11) is 0. The molecule has 0 unspecified atom stereocenters. The molecular weight excluding hydrogens is 409 g/mol. The highest BCUT2D eigenvalue weighted by Crippen LogP contribution is 2.22. The van der Waals surface area contributed by atoms with Crippen LogP contribution in [0.25, 0.3) is 11.0 Å². The Hall–Kier alpha value is -2.89. The van der Waals surface area contributed by atoms with E-state index in [-0.39, 0.29) is 18.6 Å². The smallest absolute Gasteiger partial charge is 0.287 e. The maximum absolute atomic E-state index is 13.3. The molecule has 4 aromatic rings. The number of pyridine rings is 1. The number of nitrogens with zero attached hydrogens (tertiary/aromatic N) is 3. The number of aryl methyl sites for hydroxylation is 1. The molecule has 0 spiro atoms. The minimum atomic E-state index is -0.415. The van der Waals surface area contributed by atoms with Gasteiger partial charge < -0.3 is 0 Å². The first-order chi connectivity index (χ1) is 13.9. The summed E-state index contributed by atoms with van der Waals surface area (Å²) in [5, 5.41) is 0.972. The van der Waals surface area contributed by atoms with Crippen LogP contribution in [0.5, 0.6) is 0 Å². The zero-order chi connectivity index (χ0) is 20.5. The first-order valence-electron chi connectivity index (χ1n) is 9.02. The number of hydrogen-bond acceptors (Lipinski definition) is 3. The highest BCUT2D eigenvalue weighted by atomic mass is 35.5. The first-order valence-corrected chi connectivity index (χ1v) is 9.77. The summed E-state index contributed by atoms with van der Waals surface area (Å²) in [6.07, 6.45) is 1.55. The van der Waals surface area contributed by atoms with E-state index in [0.29, 0.717) is 15.6 Å². The molecule has 7 heteroatoms. The number of benzene rings is 2. The summed E-state index contributed by atoms with van der Waals surface area (Å²) >= 11 is 12.3. The van der Waals surface area contributed by atoms with E-state index in [1.165, 1.54) is 9.13 Å². The summed E-state index contributed by atoms with van der Waals surface area (Å²) in [5.41, 5.74) is 2.57. The zero-order valence-electron chi connectivity index (χ0n) is 15.6. The van der Waals surface area contributed by atoms with Crippen LogP contribution in [0.4, 0.5) is 0 Å². The van der Waals surface area contributed by atoms with E-state index in [0.717, 1.165) is 16.7 Å². The maximum Gasteiger partial charge on any atom is 0.332 e. The molecule has 0 atom stereocenters. The van der Waals surface area contributed by atoms with Gasteiger partial charge in [-0.2, -0.15) is 0 Å². The van der Waals surface area contributed by atoms with Crippen molar-refractivity contribution in [3.8, 4) is 0 Å². The number of rotatable bonds is 4. The van der Waals surface area contributed by atoms with Crippen LogP contribution in [-0.2, 0) is 13.1 Å². The number of hydrogen-bond donors (Lipinski definition) is 0. The van der Waals surface area contributed by atoms with Crippen LogP contribution >= 0.6 is 23.2 Å². The minimum Gasteiger partial charge on any atom is -0.287 e. The fourth-order valence-electron chi connectivity index (χ4n) is 3.23. The monoisotopic (exact) mass is 425 g/mol. The van der Waals surface area contributed by atoms with Gasteiger partial charge in [-0.15, -0.1) is 0 Å². The summed E-state index contributed by atoms with van der Waals surface area (Å²) < 4.78 is 2.73. The van der Waals surface area contributed by atoms with Crippen LogP contribution in [0.2, 0.25) is 10.0 Å². The number of fused-ring (bicyclic) bond motifs is 1. The maximum atomic E-state index is 13.3. The van der Waals surface area contributed by atoms with Crippen molar-refractivity contribution in [3.05, 3.63) is 108 Å². The Bertz CT molecular complexity index is 1320. The van der Waals surface area contributed by atoms with E-state index in [2.05, 4.69) is 4.98 Å². The molecule has 0 amide bonds. The molecule has 2 aromatic carbocycles. The second kappa shape index (κ2) is 7.85. The van der Waals surface area contributed by atoms with E-state index in [1.54, 1.807) is 36.5 Å². The predicted octanol–water partition coefficient (Wildman–Crippen LogP) is 4.27. The molecule has 0 bridgehead atoms. The Morgan fingerprint density at radius 3 is 2.41 bits per heavy atom. The van der Waals surface area contributed by atoms with Crippen molar-refractivity contribution >= 4 is 34.2 Å². The molecule has 146 valence electrons. The molecule has 0 radical (unpaired) electrons. The lowest BCUT2D eigenvalue weighted by atomic mass is 10.1. The fraction of sp³-hybridized carbons (Fsp3) is 0.136. The quantitative estimate of drug-likeness (QED) is 0.490. The molecule has 0 aliphatic carbocycles. The van der Waals surface area contributed by atoms with E-state index in [1.807, 2.05) is 31.2 Å². The fourth-order valence-corrected chi connectivity index (χ4v) is 3.70. The van der Waals surface area contributed by atoms with E-state index in [4.69, 9.17) is 23.2 Å². The van der Waals surface area contributed by atoms with Crippen molar-refractivity contribution in [1.29, 1.82) is 0 Å². The van der Waals surface area contributed by atoms with Gasteiger partial charge in [-0.25, -0.2) is 9.78 Å². The standard InChI is InChI=1S/C22H17Cl2N3O2/c1-14-4-6-15(7-5-14)12-27-21(28)20-19(3-2-10-25-20)26(22(27)29)13-16-8-9-17(23)11-18(16)24/h2-11H,12-13H2,1H3. The average molecular weight is 426 g/mol. The Kier molecular flexibility index (Phi) is 5.26. The van der Waals surface area contributed by atoms with Crippen molar-refractivity contribution < 1.29 is 0 Å². The van der Waals surface area contributed by atoms with Crippen LogP contribution < -0.4 is 11.2 Å². The van der Waals surface area contributed by atoms with Crippen molar-refractivity contribution in [2.45, 2.75) is 20.0 Å². The van der Waals surface area contributed by atoms with Crippen LogP contribution in [0.1, 0.15) is 16.7 Å². The van der Waals surface area contributed by atoms with Gasteiger partial charge in [0.05, 0.1) is 18.6 Å². The first kappa shape index (κ1) is 19.4. The summed E-state index contributed by atoms with van der Waals surface area (Å²) in [4.78, 5) is 30.5. The molecule has 2 aromatic heterocycles. The summed E-state index contributed by atoms with van der Waals surface area (Å²) in [6.45, 7) is 2.35. The van der Waals surface area contributed by atoms with Crippen molar-refractivity contribution in [1.82, 2.24) is 14.1 Å². The lowest BCUT2D eigenvalue weighted by Crippen LogP contribution is -2.40. The van der Waals surface area contributed by atoms with Gasteiger partial charge in [0, 0.05) is 16.2 Å². The van der Waals surface area contributed by atoms with Gasteiger partial charge in [-0.3, -0.25) is 13.9 Å². The molecule has 29 heavy (non-hydrogen) atoms. The van der Waals surface area contributed by atoms with Gasteiger partial charge in [-0.1, -0.05) is 59.1 Å². The summed E-state index contributed by atoms with van der Waals surface area (Å²) in [5.74, 6) is 0. The second-order valence-corrected chi connectivity index (χ2v) is 7.70. The molecule has 0 fully saturated rings. The lowest BCUT2D eigenvalue weighted by molar-refractivity contribution is 0.633. The van der Waals surface area contributed by atoms with Gasteiger partial charge in [0.2, 0.25) is 0 Å². The lowest BCUT2D eigenvalue weighted by Gasteiger charge is -2.14. The predicted molar refractivity (Wildman–Crippen MR) is 116 cm³/mol. The molecule has 0 saturated heterocycles. The molecule has 4 rings (SSSR count). The Balaban J connectivity index is 1.90. The average Bonchev–Trinajstić information content (AvgIpc) is 2.71. The van der Waals surface area contributed by atoms with Gasteiger partial charge in [0.25, 0.3) is 5.56 Å². The third kappa shape index (κ3) is 3.84. The topological polar surface area (TPSA) is 56.9 Å². The van der Waals surface area contributed by atoms with Crippen molar-refractivity contribution in [3.63, 3.8) is 0 Å². The highest BCUT2D eigenvalue weighted by molar-refractivity contribution is 6.35. The van der Waals surface area contributed by atoms with Gasteiger partial charge in [-0.05, 0) is 42.3 Å². The molecule has 5 nitrogen and oxygen atoms in total. The molecule has 2 heterocycles. The van der Waals surface area contributed by atoms with Gasteiger partial charge in [0.15, 0.2) is 5.52 Å². The summed E-state index contributed by atoms with van der Waals surface area (Å²) in [6, 6.07) is 16.3. The van der Waals surface area contributed by atoms with E-state index in [9.17, 15) is 9.59 Å².